The Bertz CT molecular complexity index is 983. The van der Waals surface area contributed by atoms with Crippen LogP contribution in [0.15, 0.2) is 65.6 Å². The normalized spacial score (nSPS) is 12.6. The van der Waals surface area contributed by atoms with E-state index in [0.29, 0.717) is 4.88 Å². The third kappa shape index (κ3) is 4.37. The van der Waals surface area contributed by atoms with Crippen molar-refractivity contribution in [2.45, 2.75) is 11.1 Å². The van der Waals surface area contributed by atoms with Gasteiger partial charge in [0.05, 0.1) is 16.1 Å². The average Bonchev–Trinajstić information content (AvgIpc) is 3.06. The predicted octanol–water partition coefficient (Wildman–Crippen LogP) is 5.27. The third-order valence-electron chi connectivity index (χ3n) is 3.58. The number of halogens is 3. The number of carboxylic acids is 1. The number of anilines is 1. The maximum Gasteiger partial charge on any atom is 0.416 e. The Morgan fingerprint density at radius 3 is 2.22 bits per heavy atom. The Hall–Kier alpha value is -2.65. The standard InChI is InChI=1S/C18H12F3NO3S2/c19-18(20,21)12-6-8-13(9-7-12)27(25)22-14-10-15(26-16(14)17(23)24)11-4-2-1-3-5-11/h1-10,22H,(H,23,24). The van der Waals surface area contributed by atoms with Crippen LogP contribution in [0.1, 0.15) is 15.2 Å². The highest BCUT2D eigenvalue weighted by Crippen LogP contribution is 2.35. The number of hydrogen-bond acceptors (Lipinski definition) is 3. The van der Waals surface area contributed by atoms with Gasteiger partial charge in [-0.25, -0.2) is 9.00 Å². The van der Waals surface area contributed by atoms with Gasteiger partial charge in [0.2, 0.25) is 0 Å². The number of alkyl halides is 3. The Kier molecular flexibility index (Phi) is 5.33. The van der Waals surface area contributed by atoms with E-state index in [2.05, 4.69) is 4.72 Å². The van der Waals surface area contributed by atoms with Crippen LogP contribution in [0.2, 0.25) is 0 Å². The zero-order chi connectivity index (χ0) is 19.6. The SMILES string of the molecule is O=C(O)c1sc(-c2ccccc2)cc1NS(=O)c1ccc(C(F)(F)F)cc1. The van der Waals surface area contributed by atoms with Gasteiger partial charge in [0.25, 0.3) is 0 Å². The van der Waals surface area contributed by atoms with Crippen LogP contribution in [0.3, 0.4) is 0 Å². The van der Waals surface area contributed by atoms with E-state index >= 15 is 0 Å². The summed E-state index contributed by atoms with van der Waals surface area (Å²) >= 11 is 1.02. The lowest BCUT2D eigenvalue weighted by Crippen LogP contribution is -2.09. The molecular formula is C18H12F3NO3S2. The minimum Gasteiger partial charge on any atom is -0.477 e. The Morgan fingerprint density at radius 1 is 1.04 bits per heavy atom. The summed E-state index contributed by atoms with van der Waals surface area (Å²) in [5.41, 5.74) is 0.0966. The van der Waals surface area contributed by atoms with Gasteiger partial charge in [-0.15, -0.1) is 11.3 Å². The number of hydrogen-bond donors (Lipinski definition) is 2. The molecule has 3 aromatic rings. The van der Waals surface area contributed by atoms with Crippen LogP contribution in [0.4, 0.5) is 18.9 Å². The molecule has 0 radical (unpaired) electrons. The largest absolute Gasteiger partial charge is 0.477 e. The molecule has 1 atom stereocenters. The molecule has 0 bridgehead atoms. The molecule has 3 rings (SSSR count). The van der Waals surface area contributed by atoms with E-state index < -0.39 is 28.7 Å². The average molecular weight is 411 g/mol. The highest BCUT2D eigenvalue weighted by atomic mass is 32.2. The quantitative estimate of drug-likeness (QED) is 0.601. The number of carboxylic acid groups (broad SMARTS) is 1. The molecule has 4 nitrogen and oxygen atoms in total. The fourth-order valence-electron chi connectivity index (χ4n) is 2.30. The number of nitrogens with one attached hydrogen (secondary N) is 1. The summed E-state index contributed by atoms with van der Waals surface area (Å²) in [5.74, 6) is -1.19. The number of thiophene rings is 1. The van der Waals surface area contributed by atoms with Gasteiger partial charge in [0.15, 0.2) is 0 Å². The highest BCUT2D eigenvalue weighted by Gasteiger charge is 2.30. The summed E-state index contributed by atoms with van der Waals surface area (Å²) in [6, 6.07) is 14.5. The van der Waals surface area contributed by atoms with Crippen molar-refractivity contribution in [3.05, 3.63) is 71.1 Å². The second-order valence-corrected chi connectivity index (χ2v) is 7.68. The molecular weight excluding hydrogens is 399 g/mol. The van der Waals surface area contributed by atoms with E-state index in [1.165, 1.54) is 0 Å². The zero-order valence-electron chi connectivity index (χ0n) is 13.5. The monoisotopic (exact) mass is 411 g/mol. The number of aromatic carboxylic acids is 1. The van der Waals surface area contributed by atoms with Crippen LogP contribution in [-0.4, -0.2) is 15.3 Å². The summed E-state index contributed by atoms with van der Waals surface area (Å²) in [5, 5.41) is 9.38. The topological polar surface area (TPSA) is 66.4 Å². The van der Waals surface area contributed by atoms with Crippen molar-refractivity contribution in [1.29, 1.82) is 0 Å². The predicted molar refractivity (Wildman–Crippen MR) is 98.2 cm³/mol. The van der Waals surface area contributed by atoms with Gasteiger partial charge < -0.3 is 5.11 Å². The van der Waals surface area contributed by atoms with Crippen molar-refractivity contribution in [2.75, 3.05) is 4.72 Å². The van der Waals surface area contributed by atoms with E-state index in [9.17, 15) is 27.3 Å². The van der Waals surface area contributed by atoms with E-state index in [0.717, 1.165) is 41.2 Å². The van der Waals surface area contributed by atoms with Gasteiger partial charge >= 0.3 is 12.1 Å². The van der Waals surface area contributed by atoms with Gasteiger partial charge in [-0.3, -0.25) is 4.72 Å². The van der Waals surface area contributed by atoms with Crippen molar-refractivity contribution in [1.82, 2.24) is 0 Å². The molecule has 2 N–H and O–H groups in total. The lowest BCUT2D eigenvalue weighted by atomic mass is 10.2. The molecule has 0 amide bonds. The first-order valence-electron chi connectivity index (χ1n) is 7.54. The first-order valence-corrected chi connectivity index (χ1v) is 9.50. The maximum atomic E-state index is 12.6. The summed E-state index contributed by atoms with van der Waals surface area (Å²) in [4.78, 5) is 12.2. The van der Waals surface area contributed by atoms with E-state index in [1.54, 1.807) is 6.07 Å². The fourth-order valence-corrected chi connectivity index (χ4v) is 4.18. The molecule has 27 heavy (non-hydrogen) atoms. The summed E-state index contributed by atoms with van der Waals surface area (Å²) < 4.78 is 52.9. The van der Waals surface area contributed by atoms with Crippen LogP contribution in [0.25, 0.3) is 10.4 Å². The first kappa shape index (κ1) is 19.1. The number of benzene rings is 2. The third-order valence-corrected chi connectivity index (χ3v) is 5.86. The molecule has 0 fully saturated rings. The van der Waals surface area contributed by atoms with Gasteiger partial charge in [0, 0.05) is 4.88 Å². The zero-order valence-corrected chi connectivity index (χ0v) is 15.1. The van der Waals surface area contributed by atoms with Gasteiger partial charge in [-0.05, 0) is 35.9 Å². The van der Waals surface area contributed by atoms with Gasteiger partial charge in [0.1, 0.15) is 15.9 Å². The van der Waals surface area contributed by atoms with Crippen molar-refractivity contribution in [3.63, 3.8) is 0 Å². The van der Waals surface area contributed by atoms with Crippen molar-refractivity contribution >= 4 is 34.0 Å². The summed E-state index contributed by atoms with van der Waals surface area (Å²) in [7, 11) is -1.91. The van der Waals surface area contributed by atoms with Crippen LogP contribution in [-0.2, 0) is 17.2 Å². The van der Waals surface area contributed by atoms with Crippen LogP contribution >= 0.6 is 11.3 Å². The van der Waals surface area contributed by atoms with Crippen LogP contribution in [0.5, 0.6) is 0 Å². The van der Waals surface area contributed by atoms with Gasteiger partial charge in [-0.1, -0.05) is 30.3 Å². The lowest BCUT2D eigenvalue weighted by Gasteiger charge is -2.08. The van der Waals surface area contributed by atoms with Crippen LogP contribution in [0, 0.1) is 0 Å². The number of rotatable bonds is 5. The maximum absolute atomic E-state index is 12.6. The minimum atomic E-state index is -4.48. The van der Waals surface area contributed by atoms with Gasteiger partial charge in [-0.2, -0.15) is 13.2 Å². The van der Waals surface area contributed by atoms with Crippen molar-refractivity contribution in [2.24, 2.45) is 0 Å². The Morgan fingerprint density at radius 2 is 1.67 bits per heavy atom. The minimum absolute atomic E-state index is 0.0332. The molecule has 0 aliphatic rings. The molecule has 0 aliphatic heterocycles. The molecule has 0 saturated carbocycles. The lowest BCUT2D eigenvalue weighted by molar-refractivity contribution is -0.137. The van der Waals surface area contributed by atoms with Crippen molar-refractivity contribution < 1.29 is 27.3 Å². The Balaban J connectivity index is 1.87. The second kappa shape index (κ2) is 7.53. The molecule has 1 heterocycles. The smallest absolute Gasteiger partial charge is 0.416 e. The molecule has 0 saturated heterocycles. The van der Waals surface area contributed by atoms with E-state index in [1.807, 2.05) is 30.3 Å². The number of carbonyl (C=O) groups is 1. The molecule has 9 heteroatoms. The molecule has 0 aliphatic carbocycles. The fraction of sp³-hybridized carbons (Fsp3) is 0.0556. The Labute approximate surface area is 158 Å². The van der Waals surface area contributed by atoms with Crippen LogP contribution < -0.4 is 4.72 Å². The van der Waals surface area contributed by atoms with Crippen molar-refractivity contribution in [3.8, 4) is 10.4 Å². The first-order chi connectivity index (χ1) is 12.8. The molecule has 0 spiro atoms. The second-order valence-electron chi connectivity index (χ2n) is 5.42. The molecule has 140 valence electrons. The summed E-state index contributed by atoms with van der Waals surface area (Å²) in [6.07, 6.45) is -4.48. The molecule has 1 unspecified atom stereocenters. The van der Waals surface area contributed by atoms with E-state index in [-0.39, 0.29) is 15.5 Å². The molecule has 1 aromatic heterocycles. The summed E-state index contributed by atoms with van der Waals surface area (Å²) in [6.45, 7) is 0. The highest BCUT2D eigenvalue weighted by molar-refractivity contribution is 7.86. The van der Waals surface area contributed by atoms with E-state index in [4.69, 9.17) is 0 Å². The molecule has 2 aromatic carbocycles.